The highest BCUT2D eigenvalue weighted by atomic mass is 19.4. The SMILES string of the molecule is Cn1ccc(C(=O)CN2CCCC(C(F)(F)F)C2)c1. The summed E-state index contributed by atoms with van der Waals surface area (Å²) in [4.78, 5) is 13.6. The van der Waals surface area contributed by atoms with Crippen molar-refractivity contribution in [3.8, 4) is 0 Å². The van der Waals surface area contributed by atoms with Gasteiger partial charge in [-0.3, -0.25) is 9.69 Å². The van der Waals surface area contributed by atoms with Gasteiger partial charge in [0.1, 0.15) is 0 Å². The third-order valence-corrected chi connectivity index (χ3v) is 3.49. The molecular weight excluding hydrogens is 257 g/mol. The Bertz CT molecular complexity index is 453. The number of carbonyl (C=O) groups excluding carboxylic acids is 1. The number of aromatic nitrogens is 1. The number of rotatable bonds is 3. The highest BCUT2D eigenvalue weighted by molar-refractivity contribution is 5.97. The summed E-state index contributed by atoms with van der Waals surface area (Å²) in [6.07, 6.45) is -0.0598. The number of nitrogens with zero attached hydrogens (tertiary/aromatic N) is 2. The van der Waals surface area contributed by atoms with Crippen molar-refractivity contribution in [1.82, 2.24) is 9.47 Å². The Morgan fingerprint density at radius 3 is 2.79 bits per heavy atom. The number of halogens is 3. The number of Topliss-reactive ketones (excluding diaryl/α,β-unsaturated/α-hetero) is 1. The fourth-order valence-corrected chi connectivity index (χ4v) is 2.43. The maximum absolute atomic E-state index is 12.7. The summed E-state index contributed by atoms with van der Waals surface area (Å²) in [5.41, 5.74) is 0.552. The first-order valence-electron chi connectivity index (χ1n) is 6.30. The summed E-state index contributed by atoms with van der Waals surface area (Å²) in [6, 6.07) is 1.69. The molecule has 0 aliphatic carbocycles. The van der Waals surface area contributed by atoms with E-state index in [4.69, 9.17) is 0 Å². The lowest BCUT2D eigenvalue weighted by atomic mass is 9.97. The minimum atomic E-state index is -4.16. The average Bonchev–Trinajstić information content (AvgIpc) is 2.75. The molecule has 2 heterocycles. The molecule has 3 nitrogen and oxygen atoms in total. The quantitative estimate of drug-likeness (QED) is 0.791. The van der Waals surface area contributed by atoms with E-state index in [1.54, 1.807) is 35.0 Å². The molecule has 0 N–H and O–H groups in total. The largest absolute Gasteiger partial charge is 0.393 e. The van der Waals surface area contributed by atoms with Gasteiger partial charge in [0.25, 0.3) is 0 Å². The number of piperidine rings is 1. The van der Waals surface area contributed by atoms with Crippen molar-refractivity contribution < 1.29 is 18.0 Å². The second-order valence-corrected chi connectivity index (χ2v) is 5.10. The van der Waals surface area contributed by atoms with Crippen LogP contribution in [0.4, 0.5) is 13.2 Å². The summed E-state index contributed by atoms with van der Waals surface area (Å²) in [5, 5.41) is 0. The Morgan fingerprint density at radius 2 is 2.21 bits per heavy atom. The molecule has 19 heavy (non-hydrogen) atoms. The molecule has 2 rings (SSSR count). The molecule has 1 aromatic rings. The summed E-state index contributed by atoms with van der Waals surface area (Å²) in [6.45, 7) is 0.559. The Balaban J connectivity index is 1.94. The van der Waals surface area contributed by atoms with Crippen LogP contribution < -0.4 is 0 Å². The van der Waals surface area contributed by atoms with Gasteiger partial charge in [-0.05, 0) is 25.5 Å². The molecule has 106 valence electrons. The molecule has 1 aromatic heterocycles. The first-order valence-corrected chi connectivity index (χ1v) is 6.30. The molecule has 1 fully saturated rings. The van der Waals surface area contributed by atoms with Crippen LogP contribution in [0.15, 0.2) is 18.5 Å². The fourth-order valence-electron chi connectivity index (χ4n) is 2.43. The lowest BCUT2D eigenvalue weighted by Crippen LogP contribution is -2.43. The molecule has 1 saturated heterocycles. The molecule has 0 radical (unpaired) electrons. The lowest BCUT2D eigenvalue weighted by Gasteiger charge is -2.33. The molecule has 1 unspecified atom stereocenters. The number of hydrogen-bond acceptors (Lipinski definition) is 2. The second-order valence-electron chi connectivity index (χ2n) is 5.10. The van der Waals surface area contributed by atoms with Crippen LogP contribution in [0.1, 0.15) is 23.2 Å². The highest BCUT2D eigenvalue weighted by Crippen LogP contribution is 2.33. The van der Waals surface area contributed by atoms with Gasteiger partial charge in [-0.1, -0.05) is 0 Å². The van der Waals surface area contributed by atoms with Crippen molar-refractivity contribution in [3.05, 3.63) is 24.0 Å². The maximum Gasteiger partial charge on any atom is 0.393 e. The molecule has 0 aromatic carbocycles. The summed E-state index contributed by atoms with van der Waals surface area (Å²) >= 11 is 0. The zero-order chi connectivity index (χ0) is 14.0. The second kappa shape index (κ2) is 5.36. The van der Waals surface area contributed by atoms with Crippen molar-refractivity contribution in [3.63, 3.8) is 0 Å². The van der Waals surface area contributed by atoms with Gasteiger partial charge in [-0.25, -0.2) is 0 Å². The van der Waals surface area contributed by atoms with Crippen molar-refractivity contribution in [2.75, 3.05) is 19.6 Å². The number of alkyl halides is 3. The Morgan fingerprint density at radius 1 is 1.47 bits per heavy atom. The number of hydrogen-bond donors (Lipinski definition) is 0. The van der Waals surface area contributed by atoms with Gasteiger partial charge in [0.05, 0.1) is 12.5 Å². The predicted octanol–water partition coefficient (Wildman–Crippen LogP) is 2.48. The van der Waals surface area contributed by atoms with Gasteiger partial charge in [0, 0.05) is 31.5 Å². The zero-order valence-electron chi connectivity index (χ0n) is 10.8. The first-order chi connectivity index (χ1) is 8.86. The molecule has 1 aliphatic heterocycles. The Labute approximate surface area is 110 Å². The number of ketones is 1. The van der Waals surface area contributed by atoms with Gasteiger partial charge < -0.3 is 4.57 Å². The van der Waals surface area contributed by atoms with Crippen molar-refractivity contribution in [1.29, 1.82) is 0 Å². The van der Waals surface area contributed by atoms with E-state index in [2.05, 4.69) is 0 Å². The van der Waals surface area contributed by atoms with Crippen molar-refractivity contribution >= 4 is 5.78 Å². The maximum atomic E-state index is 12.7. The molecule has 6 heteroatoms. The van der Waals surface area contributed by atoms with Crippen LogP contribution >= 0.6 is 0 Å². The normalized spacial score (nSPS) is 21.6. The van der Waals surface area contributed by atoms with Crippen LogP contribution in [-0.2, 0) is 7.05 Å². The van der Waals surface area contributed by atoms with Crippen LogP contribution in [0.5, 0.6) is 0 Å². The molecule has 0 amide bonds. The van der Waals surface area contributed by atoms with E-state index in [-0.39, 0.29) is 25.3 Å². The molecule has 1 atom stereocenters. The van der Waals surface area contributed by atoms with Gasteiger partial charge in [0.2, 0.25) is 0 Å². The van der Waals surface area contributed by atoms with Crippen LogP contribution in [-0.4, -0.2) is 41.1 Å². The van der Waals surface area contributed by atoms with Crippen LogP contribution in [0, 0.1) is 5.92 Å². The number of carbonyl (C=O) groups is 1. The molecule has 0 bridgehead atoms. The number of likely N-dealkylation sites (tertiary alicyclic amines) is 1. The van der Waals surface area contributed by atoms with Crippen LogP contribution in [0.25, 0.3) is 0 Å². The third kappa shape index (κ3) is 3.59. The fraction of sp³-hybridized carbons (Fsp3) is 0.615. The van der Waals surface area contributed by atoms with E-state index < -0.39 is 12.1 Å². The van der Waals surface area contributed by atoms with E-state index in [1.807, 2.05) is 0 Å². The minimum Gasteiger partial charge on any atom is -0.357 e. The van der Waals surface area contributed by atoms with Gasteiger partial charge in [-0.15, -0.1) is 0 Å². The van der Waals surface area contributed by atoms with Gasteiger partial charge in [0.15, 0.2) is 5.78 Å². The predicted molar refractivity (Wildman–Crippen MR) is 65.0 cm³/mol. The first kappa shape index (κ1) is 14.1. The van der Waals surface area contributed by atoms with Crippen molar-refractivity contribution in [2.45, 2.75) is 19.0 Å². The number of aryl methyl sites for hydroxylation is 1. The smallest absolute Gasteiger partial charge is 0.357 e. The van der Waals surface area contributed by atoms with E-state index in [0.717, 1.165) is 0 Å². The Hall–Kier alpha value is -1.30. The van der Waals surface area contributed by atoms with Crippen LogP contribution in [0.2, 0.25) is 0 Å². The third-order valence-electron chi connectivity index (χ3n) is 3.49. The average molecular weight is 274 g/mol. The topological polar surface area (TPSA) is 25.2 Å². The van der Waals surface area contributed by atoms with Gasteiger partial charge >= 0.3 is 6.18 Å². The van der Waals surface area contributed by atoms with Crippen LogP contribution in [0.3, 0.4) is 0 Å². The summed E-state index contributed by atoms with van der Waals surface area (Å²) in [5.74, 6) is -1.42. The monoisotopic (exact) mass is 274 g/mol. The Kier molecular flexibility index (Phi) is 3.99. The van der Waals surface area contributed by atoms with E-state index in [0.29, 0.717) is 18.5 Å². The molecule has 0 spiro atoms. The highest BCUT2D eigenvalue weighted by Gasteiger charge is 2.41. The van der Waals surface area contributed by atoms with Crippen molar-refractivity contribution in [2.24, 2.45) is 13.0 Å². The zero-order valence-corrected chi connectivity index (χ0v) is 10.8. The molecule has 1 aliphatic rings. The van der Waals surface area contributed by atoms with E-state index in [9.17, 15) is 18.0 Å². The van der Waals surface area contributed by atoms with E-state index in [1.165, 1.54) is 0 Å². The lowest BCUT2D eigenvalue weighted by molar-refractivity contribution is -0.186. The minimum absolute atomic E-state index is 0.0661. The standard InChI is InChI=1S/C13H17F3N2O/c1-17-6-4-10(7-17)12(19)9-18-5-2-3-11(8-18)13(14,15)16/h4,6-7,11H,2-3,5,8-9H2,1H3. The van der Waals surface area contributed by atoms with Gasteiger partial charge in [-0.2, -0.15) is 13.2 Å². The van der Waals surface area contributed by atoms with E-state index >= 15 is 0 Å². The summed E-state index contributed by atoms with van der Waals surface area (Å²) < 4.78 is 39.7. The molecular formula is C13H17F3N2O. The summed E-state index contributed by atoms with van der Waals surface area (Å²) in [7, 11) is 1.80. The molecule has 0 saturated carbocycles.